The zero-order valence-corrected chi connectivity index (χ0v) is 14.6. The minimum absolute atomic E-state index is 0.104. The van der Waals surface area contributed by atoms with Crippen LogP contribution in [0.4, 0.5) is 0 Å². The van der Waals surface area contributed by atoms with Gasteiger partial charge in [0.15, 0.2) is 5.76 Å². The van der Waals surface area contributed by atoms with Crippen LogP contribution in [0.25, 0.3) is 22.3 Å². The summed E-state index contributed by atoms with van der Waals surface area (Å²) in [4.78, 5) is 25.7. The van der Waals surface area contributed by atoms with Crippen molar-refractivity contribution in [3.05, 3.63) is 100 Å². The second kappa shape index (κ2) is 6.92. The van der Waals surface area contributed by atoms with Gasteiger partial charge in [-0.15, -0.1) is 0 Å². The Kier molecular flexibility index (Phi) is 4.30. The van der Waals surface area contributed by atoms with Crippen LogP contribution in [0.15, 0.2) is 88.1 Å². The van der Waals surface area contributed by atoms with Crippen molar-refractivity contribution in [2.75, 3.05) is 0 Å². The van der Waals surface area contributed by atoms with Crippen molar-refractivity contribution < 1.29 is 13.9 Å². The van der Waals surface area contributed by atoms with Crippen LogP contribution < -0.4 is 10.2 Å². The van der Waals surface area contributed by atoms with Gasteiger partial charge in [-0.05, 0) is 30.7 Å². The van der Waals surface area contributed by atoms with Gasteiger partial charge in [-0.1, -0.05) is 60.7 Å². The summed E-state index contributed by atoms with van der Waals surface area (Å²) in [5.74, 6) is -0.456. The molecule has 132 valence electrons. The van der Waals surface area contributed by atoms with Crippen molar-refractivity contribution in [3.8, 4) is 17.1 Å². The molecular formula is C23H16O4. The first-order valence-electron chi connectivity index (χ1n) is 8.54. The number of carbonyl (C=O) groups excluding carboxylic acids is 1. The molecule has 0 amide bonds. The molecule has 0 atom stereocenters. The quantitative estimate of drug-likeness (QED) is 0.485. The molecule has 4 heteroatoms. The fourth-order valence-corrected chi connectivity index (χ4v) is 2.95. The van der Waals surface area contributed by atoms with Gasteiger partial charge in [-0.25, -0.2) is 4.79 Å². The zero-order valence-electron chi connectivity index (χ0n) is 14.6. The highest BCUT2D eigenvalue weighted by Gasteiger charge is 2.21. The average molecular weight is 356 g/mol. The number of aryl methyl sites for hydroxylation is 1. The highest BCUT2D eigenvalue weighted by Crippen LogP contribution is 2.31. The lowest BCUT2D eigenvalue weighted by Crippen LogP contribution is -2.17. The fraction of sp³-hybridized carbons (Fsp3) is 0.0435. The zero-order chi connectivity index (χ0) is 18.8. The van der Waals surface area contributed by atoms with Gasteiger partial charge in [0.2, 0.25) is 11.2 Å². The van der Waals surface area contributed by atoms with Gasteiger partial charge >= 0.3 is 5.97 Å². The third-order valence-corrected chi connectivity index (χ3v) is 4.35. The number of para-hydroxylation sites is 1. The number of hydrogen-bond acceptors (Lipinski definition) is 4. The molecule has 0 aliphatic heterocycles. The molecule has 1 aromatic heterocycles. The monoisotopic (exact) mass is 356 g/mol. The molecule has 0 bridgehead atoms. The number of esters is 1. The van der Waals surface area contributed by atoms with Gasteiger partial charge in [-0.2, -0.15) is 0 Å². The maximum absolute atomic E-state index is 13.0. The Labute approximate surface area is 155 Å². The SMILES string of the molecule is Cc1ccccc1C(=O)Oc1c(-c2ccccc2)oc2ccccc2c1=O. The van der Waals surface area contributed by atoms with E-state index in [1.807, 2.05) is 37.3 Å². The van der Waals surface area contributed by atoms with E-state index in [1.165, 1.54) is 0 Å². The number of ether oxygens (including phenoxy) is 1. The lowest BCUT2D eigenvalue weighted by molar-refractivity contribution is 0.0730. The number of rotatable bonds is 3. The highest BCUT2D eigenvalue weighted by atomic mass is 16.5. The van der Waals surface area contributed by atoms with Gasteiger partial charge in [0, 0.05) is 5.56 Å². The molecule has 0 unspecified atom stereocenters. The van der Waals surface area contributed by atoms with Gasteiger partial charge in [0.05, 0.1) is 10.9 Å². The van der Waals surface area contributed by atoms with E-state index in [0.717, 1.165) is 5.56 Å². The van der Waals surface area contributed by atoms with E-state index in [-0.39, 0.29) is 16.9 Å². The summed E-state index contributed by atoms with van der Waals surface area (Å²) in [6, 6.07) is 23.1. The Balaban J connectivity index is 1.90. The smallest absolute Gasteiger partial charge is 0.344 e. The predicted octanol–water partition coefficient (Wildman–Crippen LogP) is 4.99. The Morgan fingerprint density at radius 1 is 0.852 bits per heavy atom. The van der Waals surface area contributed by atoms with Crippen LogP contribution in [0.2, 0.25) is 0 Å². The van der Waals surface area contributed by atoms with E-state index in [9.17, 15) is 9.59 Å². The normalized spacial score (nSPS) is 10.7. The molecule has 0 fully saturated rings. The second-order valence-electron chi connectivity index (χ2n) is 6.16. The molecule has 0 spiro atoms. The minimum atomic E-state index is -0.590. The maximum Gasteiger partial charge on any atom is 0.344 e. The molecular weight excluding hydrogens is 340 g/mol. The number of fused-ring (bicyclic) bond motifs is 1. The molecule has 4 aromatic rings. The molecule has 4 rings (SSSR count). The van der Waals surface area contributed by atoms with E-state index in [4.69, 9.17) is 9.15 Å². The molecule has 4 nitrogen and oxygen atoms in total. The summed E-state index contributed by atoms with van der Waals surface area (Å²) >= 11 is 0. The molecule has 27 heavy (non-hydrogen) atoms. The largest absolute Gasteiger partial charge is 0.452 e. The van der Waals surface area contributed by atoms with Crippen LogP contribution in [0, 0.1) is 6.92 Å². The molecule has 0 N–H and O–H groups in total. The molecule has 0 radical (unpaired) electrons. The van der Waals surface area contributed by atoms with Crippen molar-refractivity contribution in [3.63, 3.8) is 0 Å². The first-order chi connectivity index (χ1) is 13.1. The van der Waals surface area contributed by atoms with E-state index < -0.39 is 5.97 Å². The third kappa shape index (κ3) is 3.13. The molecule has 0 aliphatic rings. The molecule has 0 saturated carbocycles. The molecule has 1 heterocycles. The summed E-state index contributed by atoms with van der Waals surface area (Å²) in [6.07, 6.45) is 0. The first-order valence-corrected chi connectivity index (χ1v) is 8.54. The van der Waals surface area contributed by atoms with Gasteiger partial charge in [0.1, 0.15) is 5.58 Å². The minimum Gasteiger partial charge on any atom is -0.452 e. The number of benzene rings is 3. The van der Waals surface area contributed by atoms with E-state index >= 15 is 0 Å². The summed E-state index contributed by atoms with van der Waals surface area (Å²) < 4.78 is 11.5. The van der Waals surface area contributed by atoms with Crippen LogP contribution in [0.3, 0.4) is 0 Å². The second-order valence-corrected chi connectivity index (χ2v) is 6.16. The van der Waals surface area contributed by atoms with Crippen molar-refractivity contribution in [2.45, 2.75) is 6.92 Å². The molecule has 0 aliphatic carbocycles. The Morgan fingerprint density at radius 3 is 2.30 bits per heavy atom. The highest BCUT2D eigenvalue weighted by molar-refractivity contribution is 5.94. The Hall–Kier alpha value is -3.66. The number of carbonyl (C=O) groups is 1. The fourth-order valence-electron chi connectivity index (χ4n) is 2.95. The Morgan fingerprint density at radius 2 is 1.52 bits per heavy atom. The summed E-state index contributed by atoms with van der Waals surface area (Å²) in [6.45, 7) is 1.82. The van der Waals surface area contributed by atoms with Crippen LogP contribution in [-0.2, 0) is 0 Å². The first kappa shape index (κ1) is 16.8. The van der Waals surface area contributed by atoms with E-state index in [2.05, 4.69) is 0 Å². The lowest BCUT2D eigenvalue weighted by atomic mass is 10.1. The van der Waals surface area contributed by atoms with Crippen molar-refractivity contribution in [2.24, 2.45) is 0 Å². The maximum atomic E-state index is 13.0. The van der Waals surface area contributed by atoms with Crippen LogP contribution in [0.5, 0.6) is 5.75 Å². The van der Waals surface area contributed by atoms with Crippen molar-refractivity contribution >= 4 is 16.9 Å². The van der Waals surface area contributed by atoms with Crippen LogP contribution in [0.1, 0.15) is 15.9 Å². The standard InChI is InChI=1S/C23H16O4/c1-15-9-5-6-12-17(15)23(25)27-22-20(24)18-13-7-8-14-19(18)26-21(22)16-10-3-2-4-11-16/h2-14H,1H3. The van der Waals surface area contributed by atoms with Crippen molar-refractivity contribution in [1.82, 2.24) is 0 Å². The van der Waals surface area contributed by atoms with E-state index in [0.29, 0.717) is 22.1 Å². The molecule has 0 saturated heterocycles. The average Bonchev–Trinajstić information content (AvgIpc) is 2.71. The Bertz CT molecular complexity index is 1190. The summed E-state index contributed by atoms with van der Waals surface area (Å²) in [7, 11) is 0. The number of hydrogen-bond donors (Lipinski definition) is 0. The van der Waals surface area contributed by atoms with Crippen LogP contribution in [-0.4, -0.2) is 5.97 Å². The van der Waals surface area contributed by atoms with Crippen LogP contribution >= 0.6 is 0 Å². The topological polar surface area (TPSA) is 56.5 Å². The van der Waals surface area contributed by atoms with Gasteiger partial charge in [-0.3, -0.25) is 4.79 Å². The van der Waals surface area contributed by atoms with Gasteiger partial charge < -0.3 is 9.15 Å². The third-order valence-electron chi connectivity index (χ3n) is 4.35. The predicted molar refractivity (Wildman–Crippen MR) is 104 cm³/mol. The summed E-state index contributed by atoms with van der Waals surface area (Å²) in [5, 5.41) is 0.366. The summed E-state index contributed by atoms with van der Waals surface area (Å²) in [5.41, 5.74) is 1.90. The van der Waals surface area contributed by atoms with E-state index in [1.54, 1.807) is 48.5 Å². The lowest BCUT2D eigenvalue weighted by Gasteiger charge is -2.11. The molecule has 3 aromatic carbocycles. The van der Waals surface area contributed by atoms with Gasteiger partial charge in [0.25, 0.3) is 0 Å². The van der Waals surface area contributed by atoms with Crippen molar-refractivity contribution in [1.29, 1.82) is 0 Å².